The highest BCUT2D eigenvalue weighted by Crippen LogP contribution is 2.47. The van der Waals surface area contributed by atoms with Crippen LogP contribution in [0, 0.1) is 0 Å². The molecule has 2 amide bonds. The van der Waals surface area contributed by atoms with Gasteiger partial charge in [-0.25, -0.2) is 14.7 Å². The summed E-state index contributed by atoms with van der Waals surface area (Å²) in [5.74, 6) is -16.4. The van der Waals surface area contributed by atoms with E-state index in [0.717, 1.165) is 0 Å². The second kappa shape index (κ2) is 7.54. The normalized spacial score (nSPS) is 13.3. The Bertz CT molecular complexity index is 759. The number of alkyl halides is 7. The molecule has 0 bridgehead atoms. The van der Waals surface area contributed by atoms with E-state index in [2.05, 4.69) is 9.72 Å². The van der Waals surface area contributed by atoms with Crippen LogP contribution >= 0.6 is 23.2 Å². The Balaban J connectivity index is 3.59. The molecular weight excluding hydrogens is 448 g/mol. The predicted octanol–water partition coefficient (Wildman–Crippen LogP) is 5.49. The first kappa shape index (κ1) is 24.2. The number of carbonyl (C=O) groups excluding carboxylic acids is 2. The lowest BCUT2D eigenvalue weighted by Gasteiger charge is -2.32. The van der Waals surface area contributed by atoms with E-state index in [0.29, 0.717) is 12.1 Å². The molecule has 0 aliphatic carbocycles. The fourth-order valence-corrected chi connectivity index (χ4v) is 2.10. The molecule has 1 aromatic rings. The summed E-state index contributed by atoms with van der Waals surface area (Å²) in [7, 11) is 0. The number of hydrogen-bond donors (Lipinski definition) is 0. The van der Waals surface area contributed by atoms with Gasteiger partial charge in [0.25, 0.3) is 0 Å². The van der Waals surface area contributed by atoms with Crippen LogP contribution < -0.4 is 4.90 Å². The highest BCUT2D eigenvalue weighted by Gasteiger charge is 2.77. The molecule has 14 heteroatoms. The summed E-state index contributed by atoms with van der Waals surface area (Å²) < 4.78 is 96.1. The number of hydrogen-bond acceptors (Lipinski definition) is 4. The Morgan fingerprint density at radius 3 is 1.75 bits per heavy atom. The minimum Gasteiger partial charge on any atom is -0.443 e. The van der Waals surface area contributed by atoms with Gasteiger partial charge in [0.05, 0.1) is 5.69 Å². The van der Waals surface area contributed by atoms with Crippen molar-refractivity contribution in [1.29, 1.82) is 0 Å². The number of carbonyl (C=O) groups is 2. The maximum absolute atomic E-state index is 13.9. The van der Waals surface area contributed by atoms with Crippen molar-refractivity contribution in [3.8, 4) is 0 Å². The molecule has 28 heavy (non-hydrogen) atoms. The number of amides is 2. The molecule has 0 aromatic carbocycles. The summed E-state index contributed by atoms with van der Waals surface area (Å²) >= 11 is 11.0. The molecule has 5 nitrogen and oxygen atoms in total. The maximum Gasteiger partial charge on any atom is 0.460 e. The second-order valence-corrected chi connectivity index (χ2v) is 7.01. The number of aromatic nitrogens is 1. The average Bonchev–Trinajstić information content (AvgIpc) is 2.42. The largest absolute Gasteiger partial charge is 0.460 e. The van der Waals surface area contributed by atoms with Crippen molar-refractivity contribution in [2.45, 2.75) is 44.4 Å². The van der Waals surface area contributed by atoms with Crippen molar-refractivity contribution in [1.82, 2.24) is 4.98 Å². The molecule has 0 saturated carbocycles. The highest BCUT2D eigenvalue weighted by atomic mass is 35.5. The Morgan fingerprint density at radius 1 is 0.964 bits per heavy atom. The summed E-state index contributed by atoms with van der Waals surface area (Å²) in [6.07, 6.45) is -8.76. The molecule has 0 N–H and O–H groups in total. The van der Waals surface area contributed by atoms with Crippen LogP contribution in [0.5, 0.6) is 0 Å². The van der Waals surface area contributed by atoms with E-state index in [4.69, 9.17) is 23.2 Å². The van der Waals surface area contributed by atoms with Crippen molar-refractivity contribution < 1.29 is 45.1 Å². The summed E-state index contributed by atoms with van der Waals surface area (Å²) in [5.41, 5.74) is -2.39. The monoisotopic (exact) mass is 458 g/mol. The average molecular weight is 459 g/mol. The van der Waals surface area contributed by atoms with Crippen molar-refractivity contribution in [3.05, 3.63) is 22.4 Å². The van der Waals surface area contributed by atoms with Crippen LogP contribution in [0.15, 0.2) is 12.1 Å². The first-order chi connectivity index (χ1) is 12.3. The molecule has 0 spiro atoms. The lowest BCUT2D eigenvalue weighted by molar-refractivity contribution is -0.343. The van der Waals surface area contributed by atoms with E-state index in [1.807, 2.05) is 0 Å². The van der Waals surface area contributed by atoms with Gasteiger partial charge in [-0.05, 0) is 32.9 Å². The summed E-state index contributed by atoms with van der Waals surface area (Å²) in [5, 5.41) is -1.15. The van der Waals surface area contributed by atoms with Crippen LogP contribution in [0.2, 0.25) is 10.3 Å². The zero-order valence-corrected chi connectivity index (χ0v) is 15.7. The number of rotatable bonds is 3. The Kier molecular flexibility index (Phi) is 6.52. The third-order valence-corrected chi connectivity index (χ3v) is 3.19. The molecule has 158 valence electrons. The molecule has 0 aliphatic rings. The first-order valence-electron chi connectivity index (χ1n) is 7.04. The molecule has 1 rings (SSSR count). The summed E-state index contributed by atoms with van der Waals surface area (Å²) in [6, 6.07) is 1.13. The van der Waals surface area contributed by atoms with Crippen molar-refractivity contribution >= 4 is 40.9 Å². The number of pyridine rings is 1. The molecule has 0 aliphatic heterocycles. The van der Waals surface area contributed by atoms with E-state index >= 15 is 0 Å². The van der Waals surface area contributed by atoms with Crippen LogP contribution in [0.25, 0.3) is 0 Å². The standard InChI is InChI=1S/C14H11Cl2F7N2O3/c1-11(2,3)28-10(27)25(6-4-7(15)24-8(16)5-6)9(26)12(17,18)13(19,20)14(21,22)23/h4-5H,1-3H3. The minimum atomic E-state index is -6.79. The minimum absolute atomic E-state index is 0.567. The van der Waals surface area contributed by atoms with Gasteiger partial charge in [-0.3, -0.25) is 4.79 Å². The number of ether oxygens (including phenoxy) is 1. The molecule has 0 radical (unpaired) electrons. The summed E-state index contributed by atoms with van der Waals surface area (Å²) in [4.78, 5) is 26.8. The van der Waals surface area contributed by atoms with Crippen molar-refractivity contribution in [2.75, 3.05) is 4.90 Å². The van der Waals surface area contributed by atoms with Crippen LogP contribution in [0.4, 0.5) is 41.2 Å². The van der Waals surface area contributed by atoms with E-state index in [1.54, 1.807) is 0 Å². The molecule has 0 fully saturated rings. The van der Waals surface area contributed by atoms with Crippen LogP contribution in [0.3, 0.4) is 0 Å². The van der Waals surface area contributed by atoms with Gasteiger partial charge in [0.1, 0.15) is 15.9 Å². The fraction of sp³-hybridized carbons (Fsp3) is 0.500. The van der Waals surface area contributed by atoms with Crippen molar-refractivity contribution in [3.63, 3.8) is 0 Å². The quantitative estimate of drug-likeness (QED) is 0.443. The van der Waals surface area contributed by atoms with Gasteiger partial charge >= 0.3 is 30.0 Å². The lowest BCUT2D eigenvalue weighted by Crippen LogP contribution is -2.61. The third kappa shape index (κ3) is 4.96. The molecular formula is C14H11Cl2F7N2O3. The van der Waals surface area contributed by atoms with E-state index < -0.39 is 56.5 Å². The van der Waals surface area contributed by atoms with Gasteiger partial charge in [-0.2, -0.15) is 30.7 Å². The third-order valence-electron chi connectivity index (χ3n) is 2.80. The molecule has 0 saturated heterocycles. The summed E-state index contributed by atoms with van der Waals surface area (Å²) in [6.45, 7) is 3.67. The van der Waals surface area contributed by atoms with Gasteiger partial charge in [-0.15, -0.1) is 0 Å². The van der Waals surface area contributed by atoms with E-state index in [9.17, 15) is 40.3 Å². The SMILES string of the molecule is CC(C)(C)OC(=O)N(C(=O)C(F)(F)C(F)(F)C(F)(F)F)c1cc(Cl)nc(Cl)c1. The van der Waals surface area contributed by atoms with Crippen LogP contribution in [-0.4, -0.2) is 40.6 Å². The van der Waals surface area contributed by atoms with Crippen LogP contribution in [-0.2, 0) is 9.53 Å². The molecule has 0 unspecified atom stereocenters. The molecule has 1 aromatic heterocycles. The van der Waals surface area contributed by atoms with Gasteiger partial charge in [0.15, 0.2) is 0 Å². The highest BCUT2D eigenvalue weighted by molar-refractivity contribution is 6.33. The predicted molar refractivity (Wildman–Crippen MR) is 83.9 cm³/mol. The van der Waals surface area contributed by atoms with E-state index in [-0.39, 0.29) is 0 Å². The Morgan fingerprint density at radius 2 is 1.39 bits per heavy atom. The Labute approximate surface area is 163 Å². The second-order valence-electron chi connectivity index (χ2n) is 6.24. The Hall–Kier alpha value is -1.82. The number of halogens is 9. The molecule has 1 heterocycles. The zero-order valence-electron chi connectivity index (χ0n) is 14.2. The lowest BCUT2D eigenvalue weighted by atomic mass is 10.1. The van der Waals surface area contributed by atoms with Gasteiger partial charge in [0.2, 0.25) is 0 Å². The smallest absolute Gasteiger partial charge is 0.443 e. The fourth-order valence-electron chi connectivity index (χ4n) is 1.65. The van der Waals surface area contributed by atoms with Crippen molar-refractivity contribution in [2.24, 2.45) is 0 Å². The van der Waals surface area contributed by atoms with Gasteiger partial charge in [0, 0.05) is 0 Å². The number of anilines is 1. The maximum atomic E-state index is 13.9. The number of imide groups is 1. The topological polar surface area (TPSA) is 59.5 Å². The van der Waals surface area contributed by atoms with Gasteiger partial charge < -0.3 is 4.74 Å². The zero-order chi connectivity index (χ0) is 22.3. The van der Waals surface area contributed by atoms with Gasteiger partial charge in [-0.1, -0.05) is 23.2 Å². The van der Waals surface area contributed by atoms with Crippen LogP contribution in [0.1, 0.15) is 20.8 Å². The number of nitrogens with zero attached hydrogens (tertiary/aromatic N) is 2. The molecule has 0 atom stereocenters. The first-order valence-corrected chi connectivity index (χ1v) is 7.80. The van der Waals surface area contributed by atoms with E-state index in [1.165, 1.54) is 20.8 Å².